The highest BCUT2D eigenvalue weighted by molar-refractivity contribution is 6.06. The third-order valence-corrected chi connectivity index (χ3v) is 2.73. The normalized spacial score (nSPS) is 11.3. The van der Waals surface area contributed by atoms with E-state index in [-0.39, 0.29) is 5.91 Å². The first kappa shape index (κ1) is 13.8. The number of hydrogen-bond acceptors (Lipinski definition) is 2. The first-order valence-corrected chi connectivity index (χ1v) is 6.45. The monoisotopic (exact) mass is 267 g/mol. The fourth-order valence-electron chi connectivity index (χ4n) is 1.85. The van der Waals surface area contributed by atoms with Crippen molar-refractivity contribution in [3.05, 3.63) is 59.9 Å². The molecule has 0 bridgehead atoms. The van der Waals surface area contributed by atoms with Crippen LogP contribution in [0, 0.1) is 0 Å². The van der Waals surface area contributed by atoms with Crippen molar-refractivity contribution in [2.24, 2.45) is 0 Å². The number of anilines is 1. The van der Waals surface area contributed by atoms with Gasteiger partial charge in [-0.2, -0.15) is 5.10 Å². The van der Waals surface area contributed by atoms with Gasteiger partial charge in [0.15, 0.2) is 0 Å². The molecule has 1 amide bonds. The molecule has 0 radical (unpaired) electrons. The third-order valence-electron chi connectivity index (χ3n) is 2.73. The molecule has 0 aliphatic heterocycles. The lowest BCUT2D eigenvalue weighted by atomic mass is 10.2. The van der Waals surface area contributed by atoms with Gasteiger partial charge in [-0.05, 0) is 32.1 Å². The zero-order valence-corrected chi connectivity index (χ0v) is 11.6. The second-order valence-corrected chi connectivity index (χ2v) is 4.19. The number of amides is 1. The van der Waals surface area contributed by atoms with Gasteiger partial charge in [-0.15, -0.1) is 0 Å². The summed E-state index contributed by atoms with van der Waals surface area (Å²) in [5.74, 6) is -0.167. The van der Waals surface area contributed by atoms with Crippen molar-refractivity contribution in [1.29, 1.82) is 0 Å². The van der Waals surface area contributed by atoms with Gasteiger partial charge in [0.05, 0.1) is 17.5 Å². The fraction of sp³-hybridized carbons (Fsp3) is 0.125. The van der Waals surface area contributed by atoms with Gasteiger partial charge in [0, 0.05) is 11.9 Å². The molecule has 2 aromatic rings. The van der Waals surface area contributed by atoms with Crippen LogP contribution in [0.4, 0.5) is 5.69 Å². The van der Waals surface area contributed by atoms with Crippen LogP contribution in [-0.2, 0) is 0 Å². The Balaban J connectivity index is 2.30. The molecule has 0 aliphatic rings. The van der Waals surface area contributed by atoms with E-state index >= 15 is 0 Å². The van der Waals surface area contributed by atoms with Crippen molar-refractivity contribution in [3.8, 4) is 0 Å². The van der Waals surface area contributed by atoms with E-state index < -0.39 is 0 Å². The van der Waals surface area contributed by atoms with Gasteiger partial charge in [0.25, 0.3) is 5.91 Å². The number of nitrogens with one attached hydrogen (secondary N) is 1. The van der Waals surface area contributed by atoms with Gasteiger partial charge in [0.2, 0.25) is 0 Å². The molecule has 0 unspecified atom stereocenters. The Morgan fingerprint density at radius 2 is 1.95 bits per heavy atom. The zero-order valence-electron chi connectivity index (χ0n) is 11.6. The molecule has 0 spiro atoms. The molecule has 20 heavy (non-hydrogen) atoms. The molecule has 1 heterocycles. The number of hydrogen-bond donors (Lipinski definition) is 1. The SMILES string of the molecule is C/C=C\c1c(C(=O)Nc2ccccc2)cnn1/C=C\C. The predicted molar refractivity (Wildman–Crippen MR) is 82.3 cm³/mol. The topological polar surface area (TPSA) is 46.9 Å². The Kier molecular flexibility index (Phi) is 4.50. The van der Waals surface area contributed by atoms with E-state index in [1.165, 1.54) is 0 Å². The Morgan fingerprint density at radius 3 is 2.60 bits per heavy atom. The average molecular weight is 267 g/mol. The summed E-state index contributed by atoms with van der Waals surface area (Å²) in [7, 11) is 0. The molecule has 1 aromatic heterocycles. The van der Waals surface area contributed by atoms with Crippen LogP contribution >= 0.6 is 0 Å². The number of para-hydroxylation sites is 1. The van der Waals surface area contributed by atoms with Crippen molar-refractivity contribution in [2.75, 3.05) is 5.32 Å². The second-order valence-electron chi connectivity index (χ2n) is 4.19. The largest absolute Gasteiger partial charge is 0.322 e. The molecule has 1 aromatic carbocycles. The summed E-state index contributed by atoms with van der Waals surface area (Å²) < 4.78 is 1.68. The fourth-order valence-corrected chi connectivity index (χ4v) is 1.85. The van der Waals surface area contributed by atoms with Gasteiger partial charge in [-0.1, -0.05) is 30.4 Å². The van der Waals surface area contributed by atoms with Crippen molar-refractivity contribution >= 4 is 23.9 Å². The lowest BCUT2D eigenvalue weighted by Crippen LogP contribution is -2.12. The second kappa shape index (κ2) is 6.52. The molecular weight excluding hydrogens is 250 g/mol. The van der Waals surface area contributed by atoms with Crippen LogP contribution in [0.5, 0.6) is 0 Å². The molecular formula is C16H17N3O. The first-order chi connectivity index (χ1) is 9.76. The van der Waals surface area contributed by atoms with Crippen molar-refractivity contribution in [3.63, 3.8) is 0 Å². The van der Waals surface area contributed by atoms with E-state index in [4.69, 9.17) is 0 Å². The Bertz CT molecular complexity index is 639. The van der Waals surface area contributed by atoms with Crippen molar-refractivity contribution in [1.82, 2.24) is 9.78 Å². The summed E-state index contributed by atoms with van der Waals surface area (Å²) in [6, 6.07) is 9.37. The van der Waals surface area contributed by atoms with Crippen LogP contribution in [-0.4, -0.2) is 15.7 Å². The third kappa shape index (κ3) is 3.03. The average Bonchev–Trinajstić information content (AvgIpc) is 2.84. The van der Waals surface area contributed by atoms with Crippen molar-refractivity contribution < 1.29 is 4.79 Å². The summed E-state index contributed by atoms with van der Waals surface area (Å²) in [5.41, 5.74) is 2.08. The standard InChI is InChI=1S/C16H17N3O/c1-3-8-15-14(12-17-19(15)11-4-2)16(20)18-13-9-6-5-7-10-13/h3-12H,1-2H3,(H,18,20)/b8-3-,11-4-. The Morgan fingerprint density at radius 1 is 1.20 bits per heavy atom. The first-order valence-electron chi connectivity index (χ1n) is 6.45. The number of benzene rings is 1. The van der Waals surface area contributed by atoms with Crippen LogP contribution in [0.15, 0.2) is 48.7 Å². The lowest BCUT2D eigenvalue weighted by molar-refractivity contribution is 0.102. The van der Waals surface area contributed by atoms with E-state index in [9.17, 15) is 4.79 Å². The molecule has 0 saturated carbocycles. The Hall–Kier alpha value is -2.62. The number of carbonyl (C=O) groups is 1. The molecule has 1 N–H and O–H groups in total. The number of carbonyl (C=O) groups excluding carboxylic acids is 1. The minimum atomic E-state index is -0.167. The zero-order chi connectivity index (χ0) is 14.4. The van der Waals surface area contributed by atoms with Crippen LogP contribution in [0.3, 0.4) is 0 Å². The molecule has 102 valence electrons. The van der Waals surface area contributed by atoms with Crippen molar-refractivity contribution in [2.45, 2.75) is 13.8 Å². The lowest BCUT2D eigenvalue weighted by Gasteiger charge is -2.04. The summed E-state index contributed by atoms with van der Waals surface area (Å²) in [6.45, 7) is 3.82. The van der Waals surface area contributed by atoms with Gasteiger partial charge >= 0.3 is 0 Å². The molecule has 0 atom stereocenters. The maximum absolute atomic E-state index is 12.3. The van der Waals surface area contributed by atoms with E-state index in [0.29, 0.717) is 5.56 Å². The molecule has 0 saturated heterocycles. The van der Waals surface area contributed by atoms with Crippen LogP contribution in [0.25, 0.3) is 12.3 Å². The summed E-state index contributed by atoms with van der Waals surface area (Å²) in [6.07, 6.45) is 9.02. The van der Waals surface area contributed by atoms with Gasteiger partial charge in [-0.25, -0.2) is 4.68 Å². The van der Waals surface area contributed by atoms with Gasteiger partial charge < -0.3 is 5.32 Å². The van der Waals surface area contributed by atoms with Crippen LogP contribution in [0.1, 0.15) is 29.9 Å². The maximum atomic E-state index is 12.3. The highest BCUT2D eigenvalue weighted by Crippen LogP contribution is 2.14. The minimum absolute atomic E-state index is 0.167. The predicted octanol–water partition coefficient (Wildman–Crippen LogP) is 3.66. The van der Waals surface area contributed by atoms with Gasteiger partial charge in [-0.3, -0.25) is 4.79 Å². The highest BCUT2D eigenvalue weighted by Gasteiger charge is 2.14. The number of rotatable bonds is 4. The van der Waals surface area contributed by atoms with E-state index in [2.05, 4.69) is 10.4 Å². The van der Waals surface area contributed by atoms with E-state index in [0.717, 1.165) is 11.4 Å². The van der Waals surface area contributed by atoms with E-state index in [1.54, 1.807) is 10.9 Å². The minimum Gasteiger partial charge on any atom is -0.322 e. The molecule has 0 aliphatic carbocycles. The molecule has 4 heteroatoms. The summed E-state index contributed by atoms with van der Waals surface area (Å²) in [5, 5.41) is 7.07. The van der Waals surface area contributed by atoms with E-state index in [1.807, 2.05) is 68.6 Å². The number of nitrogens with zero attached hydrogens (tertiary/aromatic N) is 2. The smallest absolute Gasteiger partial charge is 0.259 e. The number of allylic oxidation sites excluding steroid dienone is 2. The number of aromatic nitrogens is 2. The van der Waals surface area contributed by atoms with Gasteiger partial charge in [0.1, 0.15) is 0 Å². The molecule has 2 rings (SSSR count). The summed E-state index contributed by atoms with van der Waals surface area (Å²) >= 11 is 0. The highest BCUT2D eigenvalue weighted by atomic mass is 16.1. The molecule has 4 nitrogen and oxygen atoms in total. The quantitative estimate of drug-likeness (QED) is 0.919. The Labute approximate surface area is 118 Å². The van der Waals surface area contributed by atoms with Crippen LogP contribution < -0.4 is 5.32 Å². The maximum Gasteiger partial charge on any atom is 0.259 e. The molecule has 0 fully saturated rings. The van der Waals surface area contributed by atoms with Crippen LogP contribution in [0.2, 0.25) is 0 Å². The summed E-state index contributed by atoms with van der Waals surface area (Å²) in [4.78, 5) is 12.3.